The Morgan fingerprint density at radius 2 is 1.91 bits per heavy atom. The summed E-state index contributed by atoms with van der Waals surface area (Å²) in [6.07, 6.45) is 10.7. The molecule has 0 bridgehead atoms. The predicted octanol–water partition coefficient (Wildman–Crippen LogP) is 4.11. The second kappa shape index (κ2) is 8.87. The number of hydrogen-bond donors (Lipinski definition) is 1. The van der Waals surface area contributed by atoms with E-state index in [1.807, 2.05) is 37.8 Å². The minimum absolute atomic E-state index is 0.211. The third kappa shape index (κ3) is 4.04. The summed E-state index contributed by atoms with van der Waals surface area (Å²) < 4.78 is 3.58. The van der Waals surface area contributed by atoms with Crippen molar-refractivity contribution in [2.24, 2.45) is 7.05 Å². The largest absolute Gasteiger partial charge is 0.370 e. The molecular weight excluding hydrogens is 426 g/mol. The first-order valence-corrected chi connectivity index (χ1v) is 11.2. The van der Waals surface area contributed by atoms with Gasteiger partial charge in [-0.15, -0.1) is 0 Å². The number of carbonyl (C=O) groups is 1. The van der Waals surface area contributed by atoms with E-state index < -0.39 is 0 Å². The Morgan fingerprint density at radius 3 is 2.56 bits per heavy atom. The lowest BCUT2D eigenvalue weighted by atomic mass is 9.89. The number of benzene rings is 1. The summed E-state index contributed by atoms with van der Waals surface area (Å²) in [5.41, 5.74) is 6.51. The summed E-state index contributed by atoms with van der Waals surface area (Å²) in [6, 6.07) is 12.5. The molecule has 1 aliphatic rings. The SMILES string of the molecule is C=CC(=O)Nc1ccc(C2CCN(c3cc(-c4cnn(C)c4)cn4ncc(C#N)c34)CC2)cc1. The van der Waals surface area contributed by atoms with Crippen LogP contribution in [-0.4, -0.2) is 38.4 Å². The van der Waals surface area contributed by atoms with Gasteiger partial charge in [-0.1, -0.05) is 18.7 Å². The van der Waals surface area contributed by atoms with Crippen molar-refractivity contribution < 1.29 is 4.79 Å². The van der Waals surface area contributed by atoms with E-state index in [1.165, 1.54) is 11.6 Å². The van der Waals surface area contributed by atoms with E-state index in [2.05, 4.69) is 51.3 Å². The molecule has 0 radical (unpaired) electrons. The Balaban J connectivity index is 1.39. The summed E-state index contributed by atoms with van der Waals surface area (Å²) in [5.74, 6) is 0.232. The van der Waals surface area contributed by atoms with Crippen molar-refractivity contribution in [3.05, 3.63) is 78.9 Å². The lowest BCUT2D eigenvalue weighted by Gasteiger charge is -2.34. The Morgan fingerprint density at radius 1 is 1.15 bits per heavy atom. The molecule has 0 spiro atoms. The Bertz CT molecular complexity index is 1400. The molecule has 1 amide bonds. The fraction of sp³-hybridized carbons (Fsp3) is 0.231. The van der Waals surface area contributed by atoms with E-state index in [0.717, 1.165) is 53.9 Å². The number of hydrogen-bond acceptors (Lipinski definition) is 5. The molecule has 4 heterocycles. The molecule has 0 unspecified atom stereocenters. The molecule has 8 nitrogen and oxygen atoms in total. The van der Waals surface area contributed by atoms with E-state index in [1.54, 1.807) is 15.4 Å². The maximum Gasteiger partial charge on any atom is 0.247 e. The number of anilines is 2. The Labute approximate surface area is 197 Å². The minimum Gasteiger partial charge on any atom is -0.370 e. The molecule has 1 N–H and O–H groups in total. The zero-order chi connectivity index (χ0) is 23.7. The summed E-state index contributed by atoms with van der Waals surface area (Å²) in [5, 5.41) is 21.2. The first kappa shape index (κ1) is 21.5. The topological polar surface area (TPSA) is 91.2 Å². The van der Waals surface area contributed by atoms with Crippen LogP contribution >= 0.6 is 0 Å². The number of amides is 1. The monoisotopic (exact) mass is 451 g/mol. The Hall–Kier alpha value is -4.38. The smallest absolute Gasteiger partial charge is 0.247 e. The number of rotatable bonds is 5. The maximum atomic E-state index is 11.5. The molecule has 1 fully saturated rings. The predicted molar refractivity (Wildman–Crippen MR) is 132 cm³/mol. The number of nitrogens with zero attached hydrogens (tertiary/aromatic N) is 6. The number of nitriles is 1. The Kier molecular flexibility index (Phi) is 5.60. The van der Waals surface area contributed by atoms with E-state index >= 15 is 0 Å². The van der Waals surface area contributed by atoms with Gasteiger partial charge in [0.2, 0.25) is 5.91 Å². The van der Waals surface area contributed by atoms with Gasteiger partial charge in [0.15, 0.2) is 0 Å². The van der Waals surface area contributed by atoms with Crippen LogP contribution in [0.2, 0.25) is 0 Å². The summed E-state index contributed by atoms with van der Waals surface area (Å²) in [4.78, 5) is 13.9. The van der Waals surface area contributed by atoms with Gasteiger partial charge in [-0.25, -0.2) is 4.52 Å². The van der Waals surface area contributed by atoms with Crippen LogP contribution in [-0.2, 0) is 11.8 Å². The fourth-order valence-electron chi connectivity index (χ4n) is 4.64. The van der Waals surface area contributed by atoms with E-state index in [0.29, 0.717) is 11.5 Å². The molecule has 0 aliphatic carbocycles. The van der Waals surface area contributed by atoms with E-state index in [-0.39, 0.29) is 5.91 Å². The van der Waals surface area contributed by atoms with Crippen LogP contribution in [0.5, 0.6) is 0 Å². The van der Waals surface area contributed by atoms with Gasteiger partial charge in [0.25, 0.3) is 0 Å². The van der Waals surface area contributed by atoms with Gasteiger partial charge in [0.1, 0.15) is 11.6 Å². The van der Waals surface area contributed by atoms with Crippen molar-refractivity contribution in [2.75, 3.05) is 23.3 Å². The van der Waals surface area contributed by atoms with Gasteiger partial charge in [-0.3, -0.25) is 9.48 Å². The zero-order valence-electron chi connectivity index (χ0n) is 19.0. The van der Waals surface area contributed by atoms with E-state index in [4.69, 9.17) is 0 Å². The first-order chi connectivity index (χ1) is 16.6. The number of carbonyl (C=O) groups excluding carboxylic acids is 1. The molecule has 170 valence electrons. The average molecular weight is 452 g/mol. The highest BCUT2D eigenvalue weighted by atomic mass is 16.1. The van der Waals surface area contributed by atoms with Crippen molar-refractivity contribution in [2.45, 2.75) is 18.8 Å². The van der Waals surface area contributed by atoms with Gasteiger partial charge < -0.3 is 10.2 Å². The third-order valence-electron chi connectivity index (χ3n) is 6.42. The van der Waals surface area contributed by atoms with Crippen LogP contribution in [0.4, 0.5) is 11.4 Å². The number of piperidine rings is 1. The number of fused-ring (bicyclic) bond motifs is 1. The maximum absolute atomic E-state index is 11.5. The van der Waals surface area contributed by atoms with Crippen molar-refractivity contribution in [1.82, 2.24) is 19.4 Å². The van der Waals surface area contributed by atoms with Crippen molar-refractivity contribution in [3.63, 3.8) is 0 Å². The van der Waals surface area contributed by atoms with Crippen LogP contribution in [0.1, 0.15) is 29.9 Å². The molecule has 8 heteroatoms. The van der Waals surface area contributed by atoms with Crippen molar-refractivity contribution >= 4 is 22.8 Å². The van der Waals surface area contributed by atoms with Crippen LogP contribution < -0.4 is 10.2 Å². The summed E-state index contributed by atoms with van der Waals surface area (Å²) in [7, 11) is 1.90. The van der Waals surface area contributed by atoms with Gasteiger partial charge >= 0.3 is 0 Å². The van der Waals surface area contributed by atoms with Crippen LogP contribution in [0.25, 0.3) is 16.6 Å². The second-order valence-electron chi connectivity index (χ2n) is 8.56. The van der Waals surface area contributed by atoms with Gasteiger partial charge in [0, 0.05) is 49.3 Å². The lowest BCUT2D eigenvalue weighted by Crippen LogP contribution is -2.33. The number of pyridine rings is 1. The summed E-state index contributed by atoms with van der Waals surface area (Å²) >= 11 is 0. The van der Waals surface area contributed by atoms with Crippen LogP contribution in [0.3, 0.4) is 0 Å². The molecule has 1 aliphatic heterocycles. The molecule has 0 saturated carbocycles. The number of aryl methyl sites for hydroxylation is 1. The number of aromatic nitrogens is 4. The van der Waals surface area contributed by atoms with Crippen LogP contribution in [0.15, 0.2) is 67.8 Å². The molecule has 3 aromatic heterocycles. The highest BCUT2D eigenvalue weighted by Crippen LogP contribution is 2.35. The molecule has 5 rings (SSSR count). The standard InChI is InChI=1S/C26H25N7O/c1-3-25(34)30-23-6-4-18(5-7-23)19-8-10-32(11-9-19)24-12-20(22-15-28-31(2)16-22)17-33-26(24)21(13-27)14-29-33/h3-7,12,14-17,19H,1,8-11H2,2H3,(H,30,34). The highest BCUT2D eigenvalue weighted by molar-refractivity contribution is 5.98. The third-order valence-corrected chi connectivity index (χ3v) is 6.42. The molecular formula is C26H25N7O. The first-order valence-electron chi connectivity index (χ1n) is 11.2. The van der Waals surface area contributed by atoms with Crippen molar-refractivity contribution in [1.29, 1.82) is 5.26 Å². The van der Waals surface area contributed by atoms with Gasteiger partial charge in [-0.05, 0) is 48.6 Å². The van der Waals surface area contributed by atoms with Gasteiger partial charge in [0.05, 0.1) is 23.6 Å². The molecule has 0 atom stereocenters. The van der Waals surface area contributed by atoms with Gasteiger partial charge in [-0.2, -0.15) is 15.5 Å². The van der Waals surface area contributed by atoms with Crippen molar-refractivity contribution in [3.8, 4) is 17.2 Å². The molecule has 1 saturated heterocycles. The second-order valence-corrected chi connectivity index (χ2v) is 8.56. The molecule has 4 aromatic rings. The van der Waals surface area contributed by atoms with E-state index in [9.17, 15) is 10.1 Å². The molecule has 34 heavy (non-hydrogen) atoms. The number of nitrogens with one attached hydrogen (secondary N) is 1. The minimum atomic E-state index is -0.211. The molecule has 1 aromatic carbocycles. The lowest BCUT2D eigenvalue weighted by molar-refractivity contribution is -0.111. The summed E-state index contributed by atoms with van der Waals surface area (Å²) in [6.45, 7) is 5.24. The average Bonchev–Trinajstić information content (AvgIpc) is 3.50. The highest BCUT2D eigenvalue weighted by Gasteiger charge is 2.24. The fourth-order valence-corrected chi connectivity index (χ4v) is 4.64. The quantitative estimate of drug-likeness (QED) is 0.461. The van der Waals surface area contributed by atoms with Crippen LogP contribution in [0, 0.1) is 11.3 Å². The normalized spacial score (nSPS) is 14.2. The zero-order valence-corrected chi connectivity index (χ0v) is 19.0.